The molecule has 0 unspecified atom stereocenters. The van der Waals surface area contributed by atoms with Crippen LogP contribution in [0, 0.1) is 6.42 Å². The lowest BCUT2D eigenvalue weighted by Crippen LogP contribution is -2.04. The van der Waals surface area contributed by atoms with Gasteiger partial charge in [-0.05, 0) is 12.8 Å². The summed E-state index contributed by atoms with van der Waals surface area (Å²) in [6, 6.07) is 0. The Morgan fingerprint density at radius 3 is 1.33 bits per heavy atom. The van der Waals surface area contributed by atoms with Gasteiger partial charge in [-0.25, -0.2) is 0 Å². The van der Waals surface area contributed by atoms with E-state index in [1.165, 1.54) is 77.0 Å². The Morgan fingerprint density at radius 1 is 0.524 bits per heavy atom. The Labute approximate surface area is 134 Å². The van der Waals surface area contributed by atoms with Gasteiger partial charge in [0.1, 0.15) is 0 Å². The van der Waals surface area contributed by atoms with Crippen molar-refractivity contribution in [1.29, 1.82) is 0 Å². The predicted octanol–water partition coefficient (Wildman–Crippen LogP) is 5.94. The molecule has 0 aliphatic rings. The molecule has 127 valence electrons. The second-order valence-electron chi connectivity index (χ2n) is 5.97. The van der Waals surface area contributed by atoms with Gasteiger partial charge in [-0.2, -0.15) is 0 Å². The van der Waals surface area contributed by atoms with Crippen molar-refractivity contribution in [3.05, 3.63) is 6.42 Å². The lowest BCUT2D eigenvalue weighted by molar-refractivity contribution is 0.111. The molecule has 0 aromatic carbocycles. The molecule has 21 heavy (non-hydrogen) atoms. The molecule has 0 fully saturated rings. The molecule has 0 atom stereocenters. The van der Waals surface area contributed by atoms with E-state index in [4.69, 9.17) is 9.47 Å². The average Bonchev–Trinajstić information content (AvgIpc) is 2.50. The first-order valence-electron chi connectivity index (χ1n) is 9.39. The Balaban J connectivity index is 2.90. The first-order chi connectivity index (χ1) is 10.4. The van der Waals surface area contributed by atoms with Crippen molar-refractivity contribution >= 4 is 0 Å². The van der Waals surface area contributed by atoms with Gasteiger partial charge < -0.3 is 9.47 Å². The Kier molecular flexibility index (Phi) is 19.8. The van der Waals surface area contributed by atoms with Crippen molar-refractivity contribution in [1.82, 2.24) is 0 Å². The van der Waals surface area contributed by atoms with Gasteiger partial charge in [0.05, 0.1) is 13.2 Å². The van der Waals surface area contributed by atoms with Crippen molar-refractivity contribution in [3.8, 4) is 0 Å². The van der Waals surface area contributed by atoms with Crippen molar-refractivity contribution in [2.75, 3.05) is 26.4 Å². The van der Waals surface area contributed by atoms with Crippen molar-refractivity contribution in [3.63, 3.8) is 0 Å². The molecule has 0 spiro atoms. The Bertz CT molecular complexity index is 153. The minimum Gasteiger partial charge on any atom is -0.381 e. The van der Waals surface area contributed by atoms with E-state index in [1.807, 2.05) is 0 Å². The highest BCUT2D eigenvalue weighted by atomic mass is 16.5. The van der Waals surface area contributed by atoms with Gasteiger partial charge in [0, 0.05) is 19.6 Å². The first kappa shape index (κ1) is 20.9. The smallest absolute Gasteiger partial charge is 0.0520 e. The molecular formula is C19H39O2. The quantitative estimate of drug-likeness (QED) is 0.291. The number of hydrogen-bond donors (Lipinski definition) is 0. The molecule has 0 saturated carbocycles. The summed E-state index contributed by atoms with van der Waals surface area (Å²) in [5, 5.41) is 0. The third-order valence-electron chi connectivity index (χ3n) is 3.76. The summed E-state index contributed by atoms with van der Waals surface area (Å²) in [5.74, 6) is 0. The summed E-state index contributed by atoms with van der Waals surface area (Å²) >= 11 is 0. The van der Waals surface area contributed by atoms with Crippen molar-refractivity contribution < 1.29 is 9.47 Å². The van der Waals surface area contributed by atoms with E-state index < -0.39 is 0 Å². The van der Waals surface area contributed by atoms with E-state index in [-0.39, 0.29) is 0 Å². The molecular weight excluding hydrogens is 260 g/mol. The van der Waals surface area contributed by atoms with Crippen LogP contribution >= 0.6 is 0 Å². The Morgan fingerprint density at radius 2 is 0.905 bits per heavy atom. The van der Waals surface area contributed by atoms with Gasteiger partial charge in [0.15, 0.2) is 0 Å². The maximum absolute atomic E-state index is 5.58. The van der Waals surface area contributed by atoms with Crippen LogP contribution in [-0.4, -0.2) is 26.4 Å². The molecule has 0 saturated heterocycles. The molecule has 0 N–H and O–H groups in total. The molecule has 0 heterocycles. The van der Waals surface area contributed by atoms with E-state index in [0.29, 0.717) is 0 Å². The van der Waals surface area contributed by atoms with Crippen LogP contribution in [0.5, 0.6) is 0 Å². The molecule has 0 aliphatic heterocycles. The van der Waals surface area contributed by atoms with Gasteiger partial charge in [-0.3, -0.25) is 0 Å². The maximum atomic E-state index is 5.58. The topological polar surface area (TPSA) is 18.5 Å². The van der Waals surface area contributed by atoms with Crippen molar-refractivity contribution in [2.45, 2.75) is 90.9 Å². The third-order valence-corrected chi connectivity index (χ3v) is 3.76. The van der Waals surface area contributed by atoms with Gasteiger partial charge in [0.25, 0.3) is 0 Å². The van der Waals surface area contributed by atoms with Gasteiger partial charge in [-0.1, -0.05) is 78.1 Å². The minimum absolute atomic E-state index is 0.742. The molecule has 0 rings (SSSR count). The van der Waals surface area contributed by atoms with Crippen LogP contribution in [0.3, 0.4) is 0 Å². The molecule has 0 aromatic heterocycles. The van der Waals surface area contributed by atoms with Crippen LogP contribution < -0.4 is 0 Å². The fourth-order valence-electron chi connectivity index (χ4n) is 2.35. The summed E-state index contributed by atoms with van der Waals surface area (Å²) in [6.07, 6.45) is 18.0. The van der Waals surface area contributed by atoms with Crippen LogP contribution in [0.4, 0.5) is 0 Å². The summed E-state index contributed by atoms with van der Waals surface area (Å²) in [6.45, 7) is 7.80. The summed E-state index contributed by atoms with van der Waals surface area (Å²) < 4.78 is 11.2. The second kappa shape index (κ2) is 19.9. The van der Waals surface area contributed by atoms with E-state index in [9.17, 15) is 0 Å². The number of hydrogen-bond acceptors (Lipinski definition) is 2. The molecule has 0 amide bonds. The van der Waals surface area contributed by atoms with E-state index in [2.05, 4.69) is 20.3 Å². The fourth-order valence-corrected chi connectivity index (χ4v) is 2.35. The predicted molar refractivity (Wildman–Crippen MR) is 92.7 cm³/mol. The zero-order valence-electron chi connectivity index (χ0n) is 14.7. The highest BCUT2D eigenvalue weighted by Gasteiger charge is 1.94. The monoisotopic (exact) mass is 299 g/mol. The Hall–Kier alpha value is -0.0800. The van der Waals surface area contributed by atoms with E-state index >= 15 is 0 Å². The fraction of sp³-hybridized carbons (Fsp3) is 0.947. The molecule has 2 heteroatoms. The highest BCUT2D eigenvalue weighted by Crippen LogP contribution is 2.06. The largest absolute Gasteiger partial charge is 0.381 e. The number of rotatable bonds is 18. The van der Waals surface area contributed by atoms with Gasteiger partial charge in [0.2, 0.25) is 0 Å². The number of ether oxygens (including phenoxy) is 2. The first-order valence-corrected chi connectivity index (χ1v) is 9.39. The van der Waals surface area contributed by atoms with Crippen LogP contribution in [0.25, 0.3) is 0 Å². The normalized spacial score (nSPS) is 11.1. The molecule has 1 radical (unpaired) electrons. The van der Waals surface area contributed by atoms with Gasteiger partial charge in [-0.15, -0.1) is 0 Å². The van der Waals surface area contributed by atoms with Crippen LogP contribution in [0.1, 0.15) is 90.9 Å². The lowest BCUT2D eigenvalue weighted by Gasteiger charge is -2.06. The van der Waals surface area contributed by atoms with Crippen LogP contribution in [-0.2, 0) is 9.47 Å². The molecule has 2 nitrogen and oxygen atoms in total. The number of unbranched alkanes of at least 4 members (excludes halogenated alkanes) is 10. The second-order valence-corrected chi connectivity index (χ2v) is 5.97. The summed E-state index contributed by atoms with van der Waals surface area (Å²) in [4.78, 5) is 0. The maximum Gasteiger partial charge on any atom is 0.0520 e. The molecule has 0 aliphatic carbocycles. The molecule has 0 aromatic rings. The SMILES string of the molecule is CCCCCCCCOC[CH]COCCCCCCCC. The summed E-state index contributed by atoms with van der Waals surface area (Å²) in [5.41, 5.74) is 0. The van der Waals surface area contributed by atoms with Crippen molar-refractivity contribution in [2.24, 2.45) is 0 Å². The van der Waals surface area contributed by atoms with Gasteiger partial charge >= 0.3 is 0 Å². The zero-order valence-corrected chi connectivity index (χ0v) is 14.7. The zero-order chi connectivity index (χ0) is 15.4. The van der Waals surface area contributed by atoms with E-state index in [1.54, 1.807) is 0 Å². The van der Waals surface area contributed by atoms with Crippen LogP contribution in [0.2, 0.25) is 0 Å². The average molecular weight is 300 g/mol. The standard InChI is InChI=1S/C19H39O2/c1-3-5-7-9-11-13-16-20-18-15-19-21-17-14-12-10-8-6-4-2/h15H,3-14,16-19H2,1-2H3. The summed E-state index contributed by atoms with van der Waals surface area (Å²) in [7, 11) is 0. The van der Waals surface area contributed by atoms with E-state index in [0.717, 1.165) is 26.4 Å². The lowest BCUT2D eigenvalue weighted by atomic mass is 10.1. The molecule has 0 bridgehead atoms. The third kappa shape index (κ3) is 19.9. The minimum atomic E-state index is 0.742. The van der Waals surface area contributed by atoms with Crippen LogP contribution in [0.15, 0.2) is 0 Å². The highest BCUT2D eigenvalue weighted by molar-refractivity contribution is 4.61.